The number of carbonyl (C=O) groups excluding carboxylic acids is 1. The van der Waals surface area contributed by atoms with Gasteiger partial charge in [-0.15, -0.1) is 0 Å². The number of aromatic amines is 1. The second kappa shape index (κ2) is 5.91. The zero-order valence-corrected chi connectivity index (χ0v) is 13.5. The summed E-state index contributed by atoms with van der Waals surface area (Å²) in [6.45, 7) is 0.730. The summed E-state index contributed by atoms with van der Waals surface area (Å²) in [7, 11) is 0. The maximum Gasteiger partial charge on any atom is 0.315 e. The Morgan fingerprint density at radius 1 is 1.17 bits per heavy atom. The van der Waals surface area contributed by atoms with Gasteiger partial charge < -0.3 is 15.6 Å². The fourth-order valence-corrected chi connectivity index (χ4v) is 3.94. The fraction of sp³-hybridized carbons (Fsp3) is 0.526. The molecule has 0 saturated heterocycles. The molecule has 2 aromatic rings. The third-order valence-electron chi connectivity index (χ3n) is 5.54. The first-order valence-electron chi connectivity index (χ1n) is 8.88. The number of aromatic nitrogens is 1. The Morgan fingerprint density at radius 2 is 1.96 bits per heavy atom. The summed E-state index contributed by atoms with van der Waals surface area (Å²) < 4.78 is 0. The lowest BCUT2D eigenvalue weighted by molar-refractivity contribution is 0.231. The Kier molecular flexibility index (Phi) is 3.76. The van der Waals surface area contributed by atoms with Crippen LogP contribution in [0.4, 0.5) is 4.79 Å². The third kappa shape index (κ3) is 2.94. The molecule has 2 saturated carbocycles. The van der Waals surface area contributed by atoms with Crippen molar-refractivity contribution >= 4 is 16.9 Å². The molecule has 0 unspecified atom stereocenters. The number of rotatable bonds is 4. The Balaban J connectivity index is 1.39. The highest BCUT2D eigenvalue weighted by atomic mass is 16.2. The number of H-pyrrole nitrogens is 1. The van der Waals surface area contributed by atoms with Crippen molar-refractivity contribution in [2.45, 2.75) is 56.4 Å². The van der Waals surface area contributed by atoms with Crippen molar-refractivity contribution in [2.24, 2.45) is 0 Å². The van der Waals surface area contributed by atoms with Gasteiger partial charge in [0.05, 0.1) is 0 Å². The third-order valence-corrected chi connectivity index (χ3v) is 5.54. The van der Waals surface area contributed by atoms with E-state index in [-0.39, 0.29) is 11.4 Å². The van der Waals surface area contributed by atoms with Crippen molar-refractivity contribution in [1.82, 2.24) is 15.6 Å². The summed E-state index contributed by atoms with van der Waals surface area (Å²) >= 11 is 0. The van der Waals surface area contributed by atoms with Crippen LogP contribution >= 0.6 is 0 Å². The molecule has 1 aromatic heterocycles. The normalized spacial score (nSPS) is 20.3. The van der Waals surface area contributed by atoms with Gasteiger partial charge in [0.15, 0.2) is 0 Å². The highest BCUT2D eigenvalue weighted by Gasteiger charge is 2.45. The predicted octanol–water partition coefficient (Wildman–Crippen LogP) is 3.83. The summed E-state index contributed by atoms with van der Waals surface area (Å²) in [5.74, 6) is 0. The molecule has 1 aromatic carbocycles. The average Bonchev–Trinajstić information content (AvgIpc) is 3.25. The summed E-state index contributed by atoms with van der Waals surface area (Å²) in [5.41, 5.74) is 2.66. The Hall–Kier alpha value is -1.97. The van der Waals surface area contributed by atoms with E-state index in [0.717, 1.165) is 32.2 Å². The summed E-state index contributed by atoms with van der Waals surface area (Å²) in [6.07, 6.45) is 10.5. The highest BCUT2D eigenvalue weighted by molar-refractivity contribution is 5.85. The lowest BCUT2D eigenvalue weighted by atomic mass is 9.95. The maximum atomic E-state index is 12.2. The monoisotopic (exact) mass is 311 g/mol. The van der Waals surface area contributed by atoms with Gasteiger partial charge in [-0.3, -0.25) is 0 Å². The van der Waals surface area contributed by atoms with Crippen LogP contribution in [0.25, 0.3) is 10.9 Å². The lowest BCUT2D eigenvalue weighted by Gasteiger charge is -2.24. The zero-order chi connectivity index (χ0) is 15.7. The molecule has 0 spiro atoms. The first-order chi connectivity index (χ1) is 11.3. The smallest absolute Gasteiger partial charge is 0.315 e. The molecule has 0 aliphatic heterocycles. The number of amides is 2. The second-order valence-corrected chi connectivity index (χ2v) is 7.19. The molecule has 1 heterocycles. The van der Waals surface area contributed by atoms with Gasteiger partial charge in [-0.2, -0.15) is 0 Å². The van der Waals surface area contributed by atoms with Crippen molar-refractivity contribution in [3.63, 3.8) is 0 Å². The minimum atomic E-state index is 0.00279. The summed E-state index contributed by atoms with van der Waals surface area (Å²) in [6, 6.07) is 8.79. The molecule has 2 amide bonds. The first-order valence-corrected chi connectivity index (χ1v) is 8.88. The number of urea groups is 1. The maximum absolute atomic E-state index is 12.2. The number of hydrogen-bond donors (Lipinski definition) is 3. The van der Waals surface area contributed by atoms with Gasteiger partial charge >= 0.3 is 6.03 Å². The van der Waals surface area contributed by atoms with E-state index in [1.165, 1.54) is 35.7 Å². The van der Waals surface area contributed by atoms with Gasteiger partial charge in [-0.25, -0.2) is 4.79 Å². The number of benzene rings is 1. The van der Waals surface area contributed by atoms with Gasteiger partial charge in [0.25, 0.3) is 0 Å². The van der Waals surface area contributed by atoms with Crippen LogP contribution in [0.1, 0.15) is 50.5 Å². The van der Waals surface area contributed by atoms with Crippen LogP contribution in [0.5, 0.6) is 0 Å². The molecule has 3 N–H and O–H groups in total. The lowest BCUT2D eigenvalue weighted by Crippen LogP contribution is -2.45. The van der Waals surface area contributed by atoms with Crippen LogP contribution in [0.2, 0.25) is 0 Å². The molecule has 23 heavy (non-hydrogen) atoms. The molecule has 0 bridgehead atoms. The average molecular weight is 311 g/mol. The SMILES string of the molecule is O=C(NCC1(c2c[nH]c3ccccc23)CC1)NC1CCCCC1. The summed E-state index contributed by atoms with van der Waals surface area (Å²) in [5, 5.41) is 7.56. The molecule has 122 valence electrons. The number of hydrogen-bond acceptors (Lipinski definition) is 1. The zero-order valence-electron chi connectivity index (χ0n) is 13.5. The molecular formula is C19H25N3O. The Morgan fingerprint density at radius 3 is 2.74 bits per heavy atom. The van der Waals surface area contributed by atoms with Gasteiger partial charge in [0.1, 0.15) is 0 Å². The van der Waals surface area contributed by atoms with E-state index in [0.29, 0.717) is 6.04 Å². The van der Waals surface area contributed by atoms with E-state index in [2.05, 4.69) is 46.1 Å². The van der Waals surface area contributed by atoms with Crippen molar-refractivity contribution in [1.29, 1.82) is 0 Å². The molecular weight excluding hydrogens is 286 g/mol. The van der Waals surface area contributed by atoms with Crippen molar-refractivity contribution in [3.05, 3.63) is 36.0 Å². The number of fused-ring (bicyclic) bond motifs is 1. The van der Waals surface area contributed by atoms with Crippen LogP contribution in [-0.4, -0.2) is 23.6 Å². The summed E-state index contributed by atoms with van der Waals surface area (Å²) in [4.78, 5) is 15.5. The Labute approximate surface area is 137 Å². The molecule has 0 atom stereocenters. The van der Waals surface area contributed by atoms with E-state index in [9.17, 15) is 4.79 Å². The van der Waals surface area contributed by atoms with Crippen LogP contribution in [-0.2, 0) is 5.41 Å². The second-order valence-electron chi connectivity index (χ2n) is 7.19. The van der Waals surface area contributed by atoms with E-state index in [1.54, 1.807) is 0 Å². The molecule has 2 aliphatic carbocycles. The number of para-hydroxylation sites is 1. The van der Waals surface area contributed by atoms with Crippen LogP contribution in [0.15, 0.2) is 30.5 Å². The molecule has 0 radical (unpaired) electrons. The van der Waals surface area contributed by atoms with Gasteiger partial charge in [0.2, 0.25) is 0 Å². The largest absolute Gasteiger partial charge is 0.361 e. The minimum Gasteiger partial charge on any atom is -0.361 e. The van der Waals surface area contributed by atoms with Gasteiger partial charge in [-0.1, -0.05) is 37.5 Å². The number of nitrogens with one attached hydrogen (secondary N) is 3. The van der Waals surface area contributed by atoms with Crippen molar-refractivity contribution in [3.8, 4) is 0 Å². The van der Waals surface area contributed by atoms with Crippen molar-refractivity contribution < 1.29 is 4.79 Å². The standard InChI is InChI=1S/C19H25N3O/c23-18(22-14-6-2-1-3-7-14)21-13-19(10-11-19)16-12-20-17-9-5-4-8-15(16)17/h4-5,8-9,12,14,20H,1-3,6-7,10-11,13H2,(H2,21,22,23). The molecule has 4 heteroatoms. The van der Waals surface area contributed by atoms with E-state index in [4.69, 9.17) is 0 Å². The van der Waals surface area contributed by atoms with Crippen LogP contribution in [0, 0.1) is 0 Å². The van der Waals surface area contributed by atoms with E-state index in [1.807, 2.05) is 0 Å². The first kappa shape index (κ1) is 14.6. The fourth-order valence-electron chi connectivity index (χ4n) is 3.94. The minimum absolute atomic E-state index is 0.00279. The van der Waals surface area contributed by atoms with E-state index >= 15 is 0 Å². The molecule has 2 aliphatic rings. The van der Waals surface area contributed by atoms with Crippen molar-refractivity contribution in [2.75, 3.05) is 6.54 Å². The topological polar surface area (TPSA) is 56.9 Å². The van der Waals surface area contributed by atoms with Crippen LogP contribution < -0.4 is 10.6 Å². The van der Waals surface area contributed by atoms with Gasteiger partial charge in [0, 0.05) is 35.1 Å². The molecule has 2 fully saturated rings. The number of carbonyl (C=O) groups is 1. The van der Waals surface area contributed by atoms with Crippen LogP contribution in [0.3, 0.4) is 0 Å². The molecule has 4 rings (SSSR count). The quantitative estimate of drug-likeness (QED) is 0.789. The van der Waals surface area contributed by atoms with E-state index < -0.39 is 0 Å². The van der Waals surface area contributed by atoms with Gasteiger partial charge in [-0.05, 0) is 37.3 Å². The predicted molar refractivity (Wildman–Crippen MR) is 92.6 cm³/mol. The molecule has 4 nitrogen and oxygen atoms in total. The highest BCUT2D eigenvalue weighted by Crippen LogP contribution is 2.49. The Bertz CT molecular complexity index is 695.